The monoisotopic (exact) mass is 407 g/mol. The number of ether oxygens (including phenoxy) is 2. The number of nitrogens with one attached hydrogen (secondary N) is 1. The van der Waals surface area contributed by atoms with Crippen LogP contribution in [0.5, 0.6) is 11.5 Å². The highest BCUT2D eigenvalue weighted by Gasteiger charge is 2.28. The van der Waals surface area contributed by atoms with E-state index in [1.807, 2.05) is 37.3 Å². The normalized spacial score (nSPS) is 13.0. The molecule has 1 aromatic heterocycles. The molecule has 1 aliphatic rings. The zero-order chi connectivity index (χ0) is 21.2. The second-order valence-corrected chi connectivity index (χ2v) is 6.66. The van der Waals surface area contributed by atoms with Crippen molar-refractivity contribution in [1.82, 2.24) is 9.97 Å². The van der Waals surface area contributed by atoms with Crippen LogP contribution >= 0.6 is 0 Å². The molecule has 0 unspecified atom stereocenters. The number of nitrogens with two attached hydrogens (primary N) is 1. The first-order valence-corrected chi connectivity index (χ1v) is 10.1. The van der Waals surface area contributed by atoms with E-state index >= 15 is 0 Å². The summed E-state index contributed by atoms with van der Waals surface area (Å²) in [5.74, 6) is 2.59. The highest BCUT2D eigenvalue weighted by Crippen LogP contribution is 2.26. The van der Waals surface area contributed by atoms with Crippen LogP contribution in [0.25, 0.3) is 0 Å². The summed E-state index contributed by atoms with van der Waals surface area (Å²) in [5.41, 5.74) is 6.93. The molecule has 3 N–H and O–H groups in total. The van der Waals surface area contributed by atoms with Gasteiger partial charge in [0.25, 0.3) is 0 Å². The molecule has 7 nitrogen and oxygen atoms in total. The summed E-state index contributed by atoms with van der Waals surface area (Å²) in [6.07, 6.45) is 3.49. The highest BCUT2D eigenvalue weighted by molar-refractivity contribution is 5.51. The summed E-state index contributed by atoms with van der Waals surface area (Å²) >= 11 is 0. The van der Waals surface area contributed by atoms with Crippen molar-refractivity contribution in [2.24, 2.45) is 5.73 Å². The van der Waals surface area contributed by atoms with E-state index in [4.69, 9.17) is 9.47 Å². The van der Waals surface area contributed by atoms with Crippen molar-refractivity contribution in [3.8, 4) is 11.5 Å². The molecule has 0 aliphatic carbocycles. The molecule has 4 rings (SSSR count). The Kier molecular flexibility index (Phi) is 7.86. The maximum atomic E-state index is 6.03. The van der Waals surface area contributed by atoms with Gasteiger partial charge in [0.1, 0.15) is 29.7 Å². The van der Waals surface area contributed by atoms with Crippen molar-refractivity contribution in [2.75, 3.05) is 37.0 Å². The summed E-state index contributed by atoms with van der Waals surface area (Å²) < 4.78 is 11.5. The summed E-state index contributed by atoms with van der Waals surface area (Å²) in [7, 11) is 1.50. The van der Waals surface area contributed by atoms with Crippen LogP contribution in [0.2, 0.25) is 0 Å². The van der Waals surface area contributed by atoms with E-state index in [-0.39, 0.29) is 6.10 Å². The van der Waals surface area contributed by atoms with Gasteiger partial charge in [-0.3, -0.25) is 0 Å². The number of nitrogens with zero attached hydrogens (tertiary/aromatic N) is 3. The third-order valence-corrected chi connectivity index (χ3v) is 4.64. The van der Waals surface area contributed by atoms with Crippen molar-refractivity contribution in [2.45, 2.75) is 19.6 Å². The third-order valence-electron chi connectivity index (χ3n) is 4.64. The highest BCUT2D eigenvalue weighted by atomic mass is 16.5. The van der Waals surface area contributed by atoms with Gasteiger partial charge in [-0.1, -0.05) is 12.1 Å². The molecule has 1 fully saturated rings. The smallest absolute Gasteiger partial charge is 0.133 e. The number of hydrogen-bond acceptors (Lipinski definition) is 7. The predicted octanol–water partition coefficient (Wildman–Crippen LogP) is 3.33. The van der Waals surface area contributed by atoms with Gasteiger partial charge < -0.3 is 25.4 Å². The van der Waals surface area contributed by atoms with Gasteiger partial charge in [-0.15, -0.1) is 0 Å². The first-order valence-electron chi connectivity index (χ1n) is 10.1. The first kappa shape index (κ1) is 21.4. The molecular formula is C23H29N5O2. The molecule has 1 aliphatic heterocycles. The molecule has 0 radical (unpaired) electrons. The minimum absolute atomic E-state index is 0.219. The van der Waals surface area contributed by atoms with Crippen LogP contribution in [0.4, 0.5) is 11.5 Å². The summed E-state index contributed by atoms with van der Waals surface area (Å²) in [5, 5.41) is 3.29. The first-order chi connectivity index (χ1) is 14.8. The maximum absolute atomic E-state index is 6.03. The maximum Gasteiger partial charge on any atom is 0.133 e. The topological polar surface area (TPSA) is 85.5 Å². The molecule has 158 valence electrons. The van der Waals surface area contributed by atoms with Crippen molar-refractivity contribution in [1.29, 1.82) is 0 Å². The van der Waals surface area contributed by atoms with Gasteiger partial charge in [0.05, 0.1) is 19.7 Å². The number of benzene rings is 2. The molecule has 0 saturated carbocycles. The van der Waals surface area contributed by atoms with Crippen LogP contribution in [0.3, 0.4) is 0 Å². The minimum atomic E-state index is 0.219. The van der Waals surface area contributed by atoms with Crippen molar-refractivity contribution in [3.05, 3.63) is 72.7 Å². The Bertz CT molecular complexity index is 866. The average Bonchev–Trinajstić information content (AvgIpc) is 2.78. The van der Waals surface area contributed by atoms with Gasteiger partial charge in [0, 0.05) is 18.4 Å². The van der Waals surface area contributed by atoms with Gasteiger partial charge in [-0.2, -0.15) is 0 Å². The molecule has 0 amide bonds. The van der Waals surface area contributed by atoms with Gasteiger partial charge >= 0.3 is 0 Å². The van der Waals surface area contributed by atoms with Crippen LogP contribution in [-0.4, -0.2) is 42.8 Å². The van der Waals surface area contributed by atoms with Crippen molar-refractivity contribution < 1.29 is 9.47 Å². The third kappa shape index (κ3) is 5.84. The molecule has 1 saturated heterocycles. The standard InChI is InChI=1S/C22H24N4O2.CH5N/c1-2-27-19-7-9-20(10-8-19)28-21-14-26(15-21)18-5-3-17(4-6-18)13-24-22-11-12-23-16-25-22;1-2/h3-12,16,21H,2,13-15H2,1H3,(H,23,24,25);2H2,1H3. The lowest BCUT2D eigenvalue weighted by Gasteiger charge is -2.40. The van der Waals surface area contributed by atoms with Gasteiger partial charge in [0.15, 0.2) is 0 Å². The van der Waals surface area contributed by atoms with Gasteiger partial charge in [-0.05, 0) is 62.0 Å². The fraction of sp³-hybridized carbons (Fsp3) is 0.304. The average molecular weight is 408 g/mol. The summed E-state index contributed by atoms with van der Waals surface area (Å²) in [6.45, 7) is 5.18. The van der Waals surface area contributed by atoms with Crippen LogP contribution in [-0.2, 0) is 6.54 Å². The second kappa shape index (κ2) is 11.0. The van der Waals surface area contributed by atoms with Crippen LogP contribution in [0.1, 0.15) is 12.5 Å². The van der Waals surface area contributed by atoms with Crippen molar-refractivity contribution in [3.63, 3.8) is 0 Å². The lowest BCUT2D eigenvalue weighted by Crippen LogP contribution is -2.54. The molecule has 2 heterocycles. The SMILES string of the molecule is CCOc1ccc(OC2CN(c3ccc(CNc4ccncn4)cc3)C2)cc1.CN. The van der Waals surface area contributed by atoms with Crippen LogP contribution in [0, 0.1) is 0 Å². The number of anilines is 2. The molecule has 7 heteroatoms. The Balaban J connectivity index is 0.00000124. The van der Waals surface area contributed by atoms with E-state index < -0.39 is 0 Å². The lowest BCUT2D eigenvalue weighted by molar-refractivity contribution is 0.167. The molecule has 2 aromatic carbocycles. The summed E-state index contributed by atoms with van der Waals surface area (Å²) in [4.78, 5) is 10.4. The van der Waals surface area contributed by atoms with Crippen molar-refractivity contribution >= 4 is 11.5 Å². The van der Waals surface area contributed by atoms with Crippen LogP contribution < -0.4 is 25.4 Å². The zero-order valence-corrected chi connectivity index (χ0v) is 17.5. The Hall–Kier alpha value is -3.32. The number of hydrogen-bond donors (Lipinski definition) is 2. The molecular weight excluding hydrogens is 378 g/mol. The van der Waals surface area contributed by atoms with Crippen LogP contribution in [0.15, 0.2) is 67.1 Å². The van der Waals surface area contributed by atoms with Gasteiger partial charge in [-0.25, -0.2) is 9.97 Å². The largest absolute Gasteiger partial charge is 0.494 e. The predicted molar refractivity (Wildman–Crippen MR) is 120 cm³/mol. The van der Waals surface area contributed by atoms with E-state index in [0.29, 0.717) is 6.61 Å². The quantitative estimate of drug-likeness (QED) is 0.592. The Labute approximate surface area is 177 Å². The fourth-order valence-corrected chi connectivity index (χ4v) is 3.11. The molecule has 0 atom stereocenters. The Morgan fingerprint density at radius 2 is 1.70 bits per heavy atom. The Morgan fingerprint density at radius 3 is 2.33 bits per heavy atom. The molecule has 30 heavy (non-hydrogen) atoms. The number of aromatic nitrogens is 2. The fourth-order valence-electron chi connectivity index (χ4n) is 3.11. The van der Waals surface area contributed by atoms with E-state index in [1.165, 1.54) is 18.3 Å². The van der Waals surface area contributed by atoms with Gasteiger partial charge in [0.2, 0.25) is 0 Å². The molecule has 0 bridgehead atoms. The van der Waals surface area contributed by atoms with E-state index in [9.17, 15) is 0 Å². The number of rotatable bonds is 8. The molecule has 0 spiro atoms. The Morgan fingerprint density at radius 1 is 1.00 bits per heavy atom. The lowest BCUT2D eigenvalue weighted by atomic mass is 10.1. The molecule has 3 aromatic rings. The zero-order valence-electron chi connectivity index (χ0n) is 17.5. The second-order valence-electron chi connectivity index (χ2n) is 6.66. The summed E-state index contributed by atoms with van der Waals surface area (Å²) in [6, 6.07) is 18.3. The van der Waals surface area contributed by atoms with E-state index in [1.54, 1.807) is 12.5 Å². The minimum Gasteiger partial charge on any atom is -0.494 e. The van der Waals surface area contributed by atoms with E-state index in [0.717, 1.165) is 37.0 Å². The van der Waals surface area contributed by atoms with E-state index in [2.05, 4.69) is 50.2 Å².